The molecule has 0 spiro atoms. The zero-order valence-electron chi connectivity index (χ0n) is 11.5. The van der Waals surface area contributed by atoms with E-state index in [0.717, 1.165) is 5.82 Å². The van der Waals surface area contributed by atoms with Crippen LogP contribution in [0.25, 0.3) is 5.65 Å². The molecule has 1 amide bonds. The van der Waals surface area contributed by atoms with Crippen LogP contribution < -0.4 is 5.32 Å². The number of halogens is 1. The molecule has 0 bridgehead atoms. The van der Waals surface area contributed by atoms with Gasteiger partial charge in [-0.1, -0.05) is 13.8 Å². The van der Waals surface area contributed by atoms with Crippen molar-refractivity contribution in [2.75, 3.05) is 5.32 Å². The number of furan rings is 1. The van der Waals surface area contributed by atoms with E-state index in [1.165, 1.54) is 0 Å². The third-order valence-electron chi connectivity index (χ3n) is 2.94. The fourth-order valence-corrected chi connectivity index (χ4v) is 2.19. The van der Waals surface area contributed by atoms with Gasteiger partial charge in [0, 0.05) is 12.1 Å². The minimum Gasteiger partial charge on any atom is -0.444 e. The number of nitrogens with zero attached hydrogens (tertiary/aromatic N) is 3. The number of amides is 1. The number of fused-ring (bicyclic) bond motifs is 1. The largest absolute Gasteiger partial charge is 0.444 e. The average molecular weight is 349 g/mol. The minimum atomic E-state index is -0.331. The molecule has 3 heterocycles. The van der Waals surface area contributed by atoms with E-state index in [4.69, 9.17) is 4.42 Å². The second-order valence-corrected chi connectivity index (χ2v) is 5.65. The standard InChI is InChI=1S/C14H13BrN4O2/c1-8(2)12-17-13-9(4-3-7-19(13)18-12)16-14(20)10-5-6-11(15)21-10/h3-8H,1-2H3,(H,16,20). The number of anilines is 1. The quantitative estimate of drug-likeness (QED) is 0.786. The second-order valence-electron chi connectivity index (χ2n) is 4.87. The van der Waals surface area contributed by atoms with E-state index >= 15 is 0 Å². The molecule has 0 fully saturated rings. The number of carbonyl (C=O) groups excluding carboxylic acids is 1. The van der Waals surface area contributed by atoms with Gasteiger partial charge in [-0.15, -0.1) is 0 Å². The van der Waals surface area contributed by atoms with E-state index in [9.17, 15) is 4.79 Å². The molecule has 3 aromatic rings. The summed E-state index contributed by atoms with van der Waals surface area (Å²) in [6.45, 7) is 4.04. The smallest absolute Gasteiger partial charge is 0.291 e. The van der Waals surface area contributed by atoms with Gasteiger partial charge < -0.3 is 9.73 Å². The van der Waals surface area contributed by atoms with Crippen LogP contribution in [0.2, 0.25) is 0 Å². The van der Waals surface area contributed by atoms with Crippen molar-refractivity contribution in [2.24, 2.45) is 0 Å². The molecule has 3 aromatic heterocycles. The first-order valence-electron chi connectivity index (χ1n) is 6.46. The first kappa shape index (κ1) is 13.8. The Hall–Kier alpha value is -2.15. The number of aromatic nitrogens is 3. The Morgan fingerprint density at radius 2 is 2.19 bits per heavy atom. The Morgan fingerprint density at radius 1 is 1.38 bits per heavy atom. The topological polar surface area (TPSA) is 72.4 Å². The van der Waals surface area contributed by atoms with E-state index in [-0.39, 0.29) is 17.6 Å². The van der Waals surface area contributed by atoms with Crippen molar-refractivity contribution in [3.63, 3.8) is 0 Å². The maximum Gasteiger partial charge on any atom is 0.291 e. The van der Waals surface area contributed by atoms with Crippen molar-refractivity contribution in [2.45, 2.75) is 19.8 Å². The van der Waals surface area contributed by atoms with Crippen LogP contribution in [0.15, 0.2) is 39.5 Å². The number of hydrogen-bond acceptors (Lipinski definition) is 4. The van der Waals surface area contributed by atoms with Crippen LogP contribution >= 0.6 is 15.9 Å². The molecule has 21 heavy (non-hydrogen) atoms. The lowest BCUT2D eigenvalue weighted by atomic mass is 10.2. The highest BCUT2D eigenvalue weighted by atomic mass is 79.9. The second kappa shape index (κ2) is 5.33. The van der Waals surface area contributed by atoms with Crippen molar-refractivity contribution in [3.05, 3.63) is 46.7 Å². The zero-order chi connectivity index (χ0) is 15.0. The Morgan fingerprint density at radius 3 is 2.86 bits per heavy atom. The molecule has 3 rings (SSSR count). The van der Waals surface area contributed by atoms with Gasteiger partial charge in [0.1, 0.15) is 0 Å². The Bertz CT molecular complexity index is 806. The summed E-state index contributed by atoms with van der Waals surface area (Å²) in [6.07, 6.45) is 1.80. The molecule has 7 heteroatoms. The summed E-state index contributed by atoms with van der Waals surface area (Å²) >= 11 is 3.17. The maximum atomic E-state index is 12.1. The Kier molecular flexibility index (Phi) is 3.50. The molecule has 0 atom stereocenters. The maximum absolute atomic E-state index is 12.1. The fraction of sp³-hybridized carbons (Fsp3) is 0.214. The summed E-state index contributed by atoms with van der Waals surface area (Å²) in [5.74, 6) is 0.849. The van der Waals surface area contributed by atoms with E-state index in [1.807, 2.05) is 13.8 Å². The lowest BCUT2D eigenvalue weighted by Gasteiger charge is -2.03. The Labute approximate surface area is 129 Å². The molecular formula is C14H13BrN4O2. The van der Waals surface area contributed by atoms with Crippen LogP contribution in [0.5, 0.6) is 0 Å². The predicted octanol–water partition coefficient (Wildman–Crippen LogP) is 3.46. The number of nitrogens with one attached hydrogen (secondary N) is 1. The zero-order valence-corrected chi connectivity index (χ0v) is 13.1. The summed E-state index contributed by atoms with van der Waals surface area (Å²) in [4.78, 5) is 16.6. The molecule has 0 saturated carbocycles. The summed E-state index contributed by atoms with van der Waals surface area (Å²) in [5.41, 5.74) is 1.20. The van der Waals surface area contributed by atoms with E-state index in [0.29, 0.717) is 16.0 Å². The average Bonchev–Trinajstić information content (AvgIpc) is 3.05. The van der Waals surface area contributed by atoms with Gasteiger partial charge in [0.15, 0.2) is 21.9 Å². The van der Waals surface area contributed by atoms with Gasteiger partial charge in [-0.05, 0) is 40.2 Å². The summed E-state index contributed by atoms with van der Waals surface area (Å²) in [7, 11) is 0. The molecular weight excluding hydrogens is 336 g/mol. The highest BCUT2D eigenvalue weighted by Gasteiger charge is 2.15. The fourth-order valence-electron chi connectivity index (χ4n) is 1.89. The van der Waals surface area contributed by atoms with Crippen LogP contribution in [0.1, 0.15) is 36.1 Å². The summed E-state index contributed by atoms with van der Waals surface area (Å²) in [6, 6.07) is 6.86. The molecule has 0 saturated heterocycles. The van der Waals surface area contributed by atoms with Crippen molar-refractivity contribution >= 4 is 33.2 Å². The predicted molar refractivity (Wildman–Crippen MR) is 81.4 cm³/mol. The van der Waals surface area contributed by atoms with Gasteiger partial charge in [-0.3, -0.25) is 4.79 Å². The van der Waals surface area contributed by atoms with Crippen LogP contribution in [0, 0.1) is 0 Å². The van der Waals surface area contributed by atoms with Crippen LogP contribution in [0.3, 0.4) is 0 Å². The Balaban J connectivity index is 1.95. The summed E-state index contributed by atoms with van der Waals surface area (Å²) < 4.78 is 7.40. The number of carbonyl (C=O) groups is 1. The molecule has 0 aliphatic heterocycles. The number of rotatable bonds is 3. The van der Waals surface area contributed by atoms with Gasteiger partial charge >= 0.3 is 0 Å². The van der Waals surface area contributed by atoms with Gasteiger partial charge in [-0.25, -0.2) is 9.50 Å². The molecule has 1 N–H and O–H groups in total. The number of hydrogen-bond donors (Lipinski definition) is 1. The van der Waals surface area contributed by atoms with Crippen LogP contribution in [-0.4, -0.2) is 20.5 Å². The first-order valence-corrected chi connectivity index (χ1v) is 7.26. The molecule has 0 unspecified atom stereocenters. The van der Waals surface area contributed by atoms with E-state index < -0.39 is 0 Å². The van der Waals surface area contributed by atoms with Crippen molar-refractivity contribution in [1.29, 1.82) is 0 Å². The molecule has 0 aromatic carbocycles. The first-order chi connectivity index (χ1) is 10.0. The highest BCUT2D eigenvalue weighted by Crippen LogP contribution is 2.20. The van der Waals surface area contributed by atoms with Crippen LogP contribution in [0.4, 0.5) is 5.69 Å². The lowest BCUT2D eigenvalue weighted by molar-refractivity contribution is 0.0995. The van der Waals surface area contributed by atoms with Crippen LogP contribution in [-0.2, 0) is 0 Å². The molecule has 0 radical (unpaired) electrons. The number of pyridine rings is 1. The van der Waals surface area contributed by atoms with Gasteiger partial charge in [0.25, 0.3) is 5.91 Å². The van der Waals surface area contributed by atoms with Crippen molar-refractivity contribution in [1.82, 2.24) is 14.6 Å². The lowest BCUT2D eigenvalue weighted by Crippen LogP contribution is -2.11. The monoisotopic (exact) mass is 348 g/mol. The summed E-state index contributed by atoms with van der Waals surface area (Å²) in [5, 5.41) is 7.17. The molecule has 0 aliphatic carbocycles. The highest BCUT2D eigenvalue weighted by molar-refractivity contribution is 9.10. The molecule has 6 nitrogen and oxygen atoms in total. The van der Waals surface area contributed by atoms with E-state index in [1.54, 1.807) is 35.0 Å². The normalized spacial score (nSPS) is 11.2. The van der Waals surface area contributed by atoms with Crippen molar-refractivity contribution < 1.29 is 9.21 Å². The van der Waals surface area contributed by atoms with E-state index in [2.05, 4.69) is 31.3 Å². The van der Waals surface area contributed by atoms with Crippen molar-refractivity contribution in [3.8, 4) is 0 Å². The third-order valence-corrected chi connectivity index (χ3v) is 3.37. The molecule has 0 aliphatic rings. The minimum absolute atomic E-state index is 0.217. The van der Waals surface area contributed by atoms with Gasteiger partial charge in [-0.2, -0.15) is 5.10 Å². The van der Waals surface area contributed by atoms with Gasteiger partial charge in [0.2, 0.25) is 0 Å². The SMILES string of the molecule is CC(C)c1nc2c(NC(=O)c3ccc(Br)o3)cccn2n1. The van der Waals surface area contributed by atoms with Gasteiger partial charge in [0.05, 0.1) is 5.69 Å². The molecule has 108 valence electrons. The third kappa shape index (κ3) is 2.69.